The van der Waals surface area contributed by atoms with Crippen molar-refractivity contribution in [3.8, 4) is 11.5 Å². The molecular weight excluding hydrogens is 340 g/mol. The van der Waals surface area contributed by atoms with E-state index in [2.05, 4.69) is 16.3 Å². The summed E-state index contributed by atoms with van der Waals surface area (Å²) in [7, 11) is 3.29. The van der Waals surface area contributed by atoms with Crippen molar-refractivity contribution in [3.05, 3.63) is 42.5 Å². The van der Waals surface area contributed by atoms with Crippen LogP contribution in [-0.2, 0) is 0 Å². The molecule has 0 atom stereocenters. The van der Waals surface area contributed by atoms with E-state index in [9.17, 15) is 0 Å². The smallest absolute Gasteiger partial charge is 0.229 e. The Bertz CT molecular complexity index is 939. The Balaban J connectivity index is 1.76. The van der Waals surface area contributed by atoms with Gasteiger partial charge in [-0.3, -0.25) is 0 Å². The monoisotopic (exact) mass is 364 g/mol. The van der Waals surface area contributed by atoms with Crippen molar-refractivity contribution >= 4 is 28.4 Å². The third-order valence-corrected chi connectivity index (χ3v) is 4.89. The maximum Gasteiger partial charge on any atom is 0.229 e. The van der Waals surface area contributed by atoms with Gasteiger partial charge in [-0.15, -0.1) is 0 Å². The molecule has 2 aromatic carbocycles. The second-order valence-electron chi connectivity index (χ2n) is 6.63. The molecule has 1 saturated heterocycles. The normalized spacial score (nSPS) is 14.2. The molecule has 0 aliphatic carbocycles. The lowest BCUT2D eigenvalue weighted by Gasteiger charge is -2.29. The van der Waals surface area contributed by atoms with E-state index in [-0.39, 0.29) is 0 Å². The fourth-order valence-corrected chi connectivity index (χ4v) is 3.49. The van der Waals surface area contributed by atoms with Crippen molar-refractivity contribution in [1.29, 1.82) is 0 Å². The average molecular weight is 364 g/mol. The minimum absolute atomic E-state index is 0.556. The Morgan fingerprint density at radius 1 is 0.926 bits per heavy atom. The Hall–Kier alpha value is -3.02. The molecule has 2 heterocycles. The highest BCUT2D eigenvalue weighted by Crippen LogP contribution is 2.33. The predicted octanol–water partition coefficient (Wildman–Crippen LogP) is 4.38. The summed E-state index contributed by atoms with van der Waals surface area (Å²) in [5, 5.41) is 4.40. The zero-order valence-electron chi connectivity index (χ0n) is 15.7. The van der Waals surface area contributed by atoms with E-state index in [1.165, 1.54) is 19.3 Å². The van der Waals surface area contributed by atoms with E-state index in [4.69, 9.17) is 19.4 Å². The lowest BCUT2D eigenvalue weighted by molar-refractivity contribution is 0.405. The van der Waals surface area contributed by atoms with Crippen molar-refractivity contribution in [2.45, 2.75) is 19.3 Å². The molecule has 0 amide bonds. The number of rotatable bonds is 5. The number of piperidine rings is 1. The first kappa shape index (κ1) is 17.4. The minimum atomic E-state index is 0.556. The number of hydrogen-bond donors (Lipinski definition) is 1. The third-order valence-electron chi connectivity index (χ3n) is 4.89. The van der Waals surface area contributed by atoms with Gasteiger partial charge in [0.1, 0.15) is 17.3 Å². The van der Waals surface area contributed by atoms with Crippen LogP contribution in [0.1, 0.15) is 19.3 Å². The van der Waals surface area contributed by atoms with Crippen LogP contribution in [0.5, 0.6) is 11.5 Å². The van der Waals surface area contributed by atoms with E-state index in [1.54, 1.807) is 14.2 Å². The summed E-state index contributed by atoms with van der Waals surface area (Å²) in [6, 6.07) is 13.8. The maximum atomic E-state index is 5.47. The number of methoxy groups -OCH3 is 2. The quantitative estimate of drug-likeness (QED) is 0.725. The van der Waals surface area contributed by atoms with Crippen LogP contribution < -0.4 is 19.7 Å². The molecule has 1 N–H and O–H groups in total. The molecule has 0 unspecified atom stereocenters. The van der Waals surface area contributed by atoms with Gasteiger partial charge in [0.05, 0.1) is 25.4 Å². The summed E-state index contributed by atoms with van der Waals surface area (Å²) in [5.74, 6) is 3.01. The Morgan fingerprint density at radius 2 is 1.74 bits per heavy atom. The van der Waals surface area contributed by atoms with Gasteiger partial charge in [0.25, 0.3) is 0 Å². The summed E-state index contributed by atoms with van der Waals surface area (Å²) >= 11 is 0. The highest BCUT2D eigenvalue weighted by atomic mass is 16.5. The molecule has 0 radical (unpaired) electrons. The summed E-state index contributed by atoms with van der Waals surface area (Å²) < 4.78 is 10.8. The van der Waals surface area contributed by atoms with Crippen LogP contribution in [0.15, 0.2) is 42.5 Å². The fourth-order valence-electron chi connectivity index (χ4n) is 3.49. The fraction of sp³-hybridized carbons (Fsp3) is 0.333. The van der Waals surface area contributed by atoms with Crippen LogP contribution in [0, 0.1) is 0 Å². The number of fused-ring (bicyclic) bond motifs is 1. The molecule has 0 saturated carbocycles. The van der Waals surface area contributed by atoms with Crippen LogP contribution in [0.2, 0.25) is 0 Å². The average Bonchev–Trinajstić information content (AvgIpc) is 2.73. The van der Waals surface area contributed by atoms with Crippen LogP contribution in [-0.4, -0.2) is 37.3 Å². The van der Waals surface area contributed by atoms with Crippen molar-refractivity contribution < 1.29 is 9.47 Å². The van der Waals surface area contributed by atoms with Crippen LogP contribution in [0.3, 0.4) is 0 Å². The number of aromatic nitrogens is 2. The molecule has 3 aromatic rings. The first-order valence-corrected chi connectivity index (χ1v) is 9.29. The number of nitrogens with one attached hydrogen (secondary N) is 1. The third kappa shape index (κ3) is 3.60. The topological polar surface area (TPSA) is 59.5 Å². The maximum absolute atomic E-state index is 5.47. The van der Waals surface area contributed by atoms with E-state index in [1.807, 2.05) is 36.4 Å². The molecule has 1 aliphatic heterocycles. The van der Waals surface area contributed by atoms with E-state index >= 15 is 0 Å². The van der Waals surface area contributed by atoms with Gasteiger partial charge in [0.15, 0.2) is 0 Å². The summed E-state index contributed by atoms with van der Waals surface area (Å²) in [6.07, 6.45) is 3.68. The number of ether oxygens (including phenoxy) is 2. The van der Waals surface area contributed by atoms with Crippen LogP contribution in [0.25, 0.3) is 10.9 Å². The highest BCUT2D eigenvalue weighted by Gasteiger charge is 2.17. The van der Waals surface area contributed by atoms with E-state index < -0.39 is 0 Å². The number of para-hydroxylation sites is 1. The van der Waals surface area contributed by atoms with Gasteiger partial charge in [-0.25, -0.2) is 4.98 Å². The molecule has 6 heteroatoms. The number of benzene rings is 2. The lowest BCUT2D eigenvalue weighted by atomic mass is 10.1. The Kier molecular flexibility index (Phi) is 4.96. The van der Waals surface area contributed by atoms with E-state index in [0.717, 1.165) is 41.2 Å². The highest BCUT2D eigenvalue weighted by molar-refractivity contribution is 5.91. The SMILES string of the molecule is COc1ccc(OC)c(Nc2nc(N3CCCCC3)c3ccccc3n2)c1. The van der Waals surface area contributed by atoms with Gasteiger partial charge in [0, 0.05) is 24.5 Å². The summed E-state index contributed by atoms with van der Waals surface area (Å²) in [4.78, 5) is 11.9. The molecule has 1 fully saturated rings. The van der Waals surface area contributed by atoms with Gasteiger partial charge < -0.3 is 19.7 Å². The van der Waals surface area contributed by atoms with Crippen LogP contribution in [0.4, 0.5) is 17.5 Å². The first-order valence-electron chi connectivity index (χ1n) is 9.29. The van der Waals surface area contributed by atoms with Gasteiger partial charge in [-0.05, 0) is 43.5 Å². The Labute approximate surface area is 159 Å². The summed E-state index contributed by atoms with van der Waals surface area (Å²) in [6.45, 7) is 2.06. The van der Waals surface area contributed by atoms with Crippen LogP contribution >= 0.6 is 0 Å². The second-order valence-corrected chi connectivity index (χ2v) is 6.63. The molecule has 1 aliphatic rings. The van der Waals surface area contributed by atoms with Gasteiger partial charge in [-0.1, -0.05) is 12.1 Å². The summed E-state index contributed by atoms with van der Waals surface area (Å²) in [5.41, 5.74) is 1.70. The van der Waals surface area contributed by atoms with Crippen molar-refractivity contribution in [1.82, 2.24) is 9.97 Å². The first-order chi connectivity index (χ1) is 13.3. The molecule has 0 spiro atoms. The van der Waals surface area contributed by atoms with Gasteiger partial charge in [-0.2, -0.15) is 4.98 Å². The molecule has 27 heavy (non-hydrogen) atoms. The molecule has 1 aromatic heterocycles. The largest absolute Gasteiger partial charge is 0.497 e. The Morgan fingerprint density at radius 3 is 2.52 bits per heavy atom. The predicted molar refractivity (Wildman–Crippen MR) is 108 cm³/mol. The standard InChI is InChI=1S/C21H24N4O2/c1-26-15-10-11-19(27-2)18(14-15)23-21-22-17-9-5-4-8-16(17)20(24-21)25-12-6-3-7-13-25/h4-5,8-11,14H,3,6-7,12-13H2,1-2H3,(H,22,23,24). The van der Waals surface area contributed by atoms with Crippen molar-refractivity contribution in [2.75, 3.05) is 37.5 Å². The minimum Gasteiger partial charge on any atom is -0.497 e. The number of anilines is 3. The zero-order valence-corrected chi connectivity index (χ0v) is 15.7. The van der Waals surface area contributed by atoms with Crippen molar-refractivity contribution in [2.24, 2.45) is 0 Å². The van der Waals surface area contributed by atoms with Gasteiger partial charge in [0.2, 0.25) is 5.95 Å². The van der Waals surface area contributed by atoms with Crippen molar-refractivity contribution in [3.63, 3.8) is 0 Å². The van der Waals surface area contributed by atoms with Gasteiger partial charge >= 0.3 is 0 Å². The molecule has 140 valence electrons. The number of hydrogen-bond acceptors (Lipinski definition) is 6. The molecular formula is C21H24N4O2. The molecule has 4 rings (SSSR count). The van der Waals surface area contributed by atoms with E-state index in [0.29, 0.717) is 11.7 Å². The molecule has 6 nitrogen and oxygen atoms in total. The number of nitrogens with zero attached hydrogens (tertiary/aromatic N) is 3. The zero-order chi connectivity index (χ0) is 18.6. The lowest BCUT2D eigenvalue weighted by Crippen LogP contribution is -2.30. The molecule has 0 bridgehead atoms. The second kappa shape index (κ2) is 7.70.